The number of aromatic nitrogens is 1. The quantitative estimate of drug-likeness (QED) is 0.384. The number of esters is 1. The van der Waals surface area contributed by atoms with E-state index in [4.69, 9.17) is 19.0 Å². The fraction of sp³-hybridized carbons (Fsp3) is 0.481. The van der Waals surface area contributed by atoms with E-state index in [1.807, 2.05) is 13.0 Å². The van der Waals surface area contributed by atoms with E-state index in [1.54, 1.807) is 57.3 Å². The Labute approximate surface area is 217 Å². The van der Waals surface area contributed by atoms with Crippen molar-refractivity contribution < 1.29 is 33.4 Å². The van der Waals surface area contributed by atoms with E-state index in [2.05, 4.69) is 15.8 Å². The van der Waals surface area contributed by atoms with Crippen molar-refractivity contribution in [3.05, 3.63) is 65.0 Å². The van der Waals surface area contributed by atoms with Crippen LogP contribution in [0.4, 0.5) is 4.79 Å². The van der Waals surface area contributed by atoms with Gasteiger partial charge in [0.15, 0.2) is 6.29 Å². The largest absolute Gasteiger partial charge is 0.459 e. The molecule has 3 rings (SSSR count). The molecule has 2 amide bonds. The van der Waals surface area contributed by atoms with Gasteiger partial charge in [0.25, 0.3) is 5.91 Å². The second-order valence-corrected chi connectivity index (χ2v) is 9.88. The fourth-order valence-corrected chi connectivity index (χ4v) is 3.46. The van der Waals surface area contributed by atoms with Gasteiger partial charge in [-0.1, -0.05) is 18.2 Å². The number of carbonyl (C=O) groups is 3. The van der Waals surface area contributed by atoms with Crippen molar-refractivity contribution >= 4 is 18.0 Å². The number of ether oxygens (including phenoxy) is 3. The van der Waals surface area contributed by atoms with Crippen LogP contribution in [0, 0.1) is 6.92 Å². The van der Waals surface area contributed by atoms with Crippen molar-refractivity contribution in [1.29, 1.82) is 0 Å². The smallest absolute Gasteiger partial charge is 0.408 e. The SMILES string of the molecule is Cc1ccc(C[C@@H](NC(=O)OC(C)(C)C)C(=O)OCc2ccc(C(=O)NOC3CCCCO3)cc2)nc1. The predicted molar refractivity (Wildman–Crippen MR) is 134 cm³/mol. The van der Waals surface area contributed by atoms with Crippen LogP contribution in [0.1, 0.15) is 67.2 Å². The van der Waals surface area contributed by atoms with Crippen molar-refractivity contribution in [3.63, 3.8) is 0 Å². The van der Waals surface area contributed by atoms with Gasteiger partial charge in [0.05, 0.1) is 0 Å². The summed E-state index contributed by atoms with van der Waals surface area (Å²) in [5.41, 5.74) is 4.35. The van der Waals surface area contributed by atoms with Gasteiger partial charge in [-0.25, -0.2) is 19.9 Å². The van der Waals surface area contributed by atoms with Gasteiger partial charge in [0, 0.05) is 36.9 Å². The summed E-state index contributed by atoms with van der Waals surface area (Å²) in [4.78, 5) is 47.2. The number of hydroxylamine groups is 1. The first kappa shape index (κ1) is 28.1. The predicted octanol–water partition coefficient (Wildman–Crippen LogP) is 3.76. The number of aryl methyl sites for hydroxylation is 1. The summed E-state index contributed by atoms with van der Waals surface area (Å²) < 4.78 is 16.2. The summed E-state index contributed by atoms with van der Waals surface area (Å²) in [6, 6.07) is 9.25. The maximum absolute atomic E-state index is 12.9. The normalized spacial score (nSPS) is 16.4. The van der Waals surface area contributed by atoms with Gasteiger partial charge >= 0.3 is 12.1 Å². The highest BCUT2D eigenvalue weighted by molar-refractivity contribution is 5.93. The number of benzene rings is 1. The Hall–Kier alpha value is -3.50. The molecular formula is C27H35N3O7. The lowest BCUT2D eigenvalue weighted by molar-refractivity contribution is -0.186. The number of nitrogens with one attached hydrogen (secondary N) is 2. The molecule has 2 aromatic rings. The van der Waals surface area contributed by atoms with Crippen molar-refractivity contribution in [2.45, 2.75) is 77.9 Å². The maximum Gasteiger partial charge on any atom is 0.408 e. The third-order valence-electron chi connectivity index (χ3n) is 5.38. The first-order valence-corrected chi connectivity index (χ1v) is 12.3. The van der Waals surface area contributed by atoms with Crippen molar-refractivity contribution in [3.8, 4) is 0 Å². The molecule has 1 aromatic heterocycles. The van der Waals surface area contributed by atoms with Crippen LogP contribution in [0.5, 0.6) is 0 Å². The maximum atomic E-state index is 12.9. The van der Waals surface area contributed by atoms with Crippen LogP contribution >= 0.6 is 0 Å². The Morgan fingerprint density at radius 1 is 1.11 bits per heavy atom. The molecule has 1 fully saturated rings. The molecule has 2 heterocycles. The monoisotopic (exact) mass is 513 g/mol. The van der Waals surface area contributed by atoms with Gasteiger partial charge in [-0.15, -0.1) is 0 Å². The molecule has 0 radical (unpaired) electrons. The number of amides is 2. The molecule has 1 aromatic carbocycles. The van der Waals surface area contributed by atoms with Crippen molar-refractivity contribution in [1.82, 2.24) is 15.8 Å². The second-order valence-electron chi connectivity index (χ2n) is 9.88. The van der Waals surface area contributed by atoms with Crippen LogP contribution in [0.3, 0.4) is 0 Å². The number of rotatable bonds is 9. The number of pyridine rings is 1. The third-order valence-corrected chi connectivity index (χ3v) is 5.38. The van der Waals surface area contributed by atoms with E-state index in [9.17, 15) is 14.4 Å². The van der Waals surface area contributed by atoms with Gasteiger partial charge in [0.1, 0.15) is 18.2 Å². The minimum Gasteiger partial charge on any atom is -0.459 e. The zero-order chi connectivity index (χ0) is 26.8. The molecule has 0 bridgehead atoms. The molecule has 2 N–H and O–H groups in total. The highest BCUT2D eigenvalue weighted by atomic mass is 16.8. The van der Waals surface area contributed by atoms with Crippen LogP contribution in [0.15, 0.2) is 42.6 Å². The van der Waals surface area contributed by atoms with Crippen LogP contribution in [-0.2, 0) is 36.9 Å². The standard InChI is InChI=1S/C27H35N3O7/c1-18-8-13-21(28-16-18)15-22(29-26(33)36-27(2,3)4)25(32)35-17-19-9-11-20(12-10-19)24(31)30-37-23-7-5-6-14-34-23/h8-13,16,22-23H,5-7,14-15,17H2,1-4H3,(H,29,33)(H,30,31)/t22-,23?/m1/s1. The molecule has 1 aliphatic heterocycles. The van der Waals surface area contributed by atoms with E-state index in [1.165, 1.54) is 0 Å². The van der Waals surface area contributed by atoms with Gasteiger partial charge in [0.2, 0.25) is 0 Å². The topological polar surface area (TPSA) is 125 Å². The van der Waals surface area contributed by atoms with Crippen molar-refractivity contribution in [2.24, 2.45) is 0 Å². The highest BCUT2D eigenvalue weighted by Crippen LogP contribution is 2.14. The first-order valence-electron chi connectivity index (χ1n) is 12.3. The molecule has 1 saturated heterocycles. The van der Waals surface area contributed by atoms with Crippen LogP contribution < -0.4 is 10.8 Å². The van der Waals surface area contributed by atoms with E-state index in [-0.39, 0.29) is 13.0 Å². The Bertz CT molecular complexity index is 1040. The zero-order valence-corrected chi connectivity index (χ0v) is 21.7. The number of carbonyl (C=O) groups excluding carboxylic acids is 3. The van der Waals surface area contributed by atoms with Gasteiger partial charge in [-0.05, 0) is 69.9 Å². The molecule has 0 saturated carbocycles. The molecule has 200 valence electrons. The lowest BCUT2D eigenvalue weighted by Crippen LogP contribution is -2.45. The average Bonchev–Trinajstić information content (AvgIpc) is 2.86. The van der Waals surface area contributed by atoms with E-state index < -0.39 is 35.9 Å². The summed E-state index contributed by atoms with van der Waals surface area (Å²) in [6.45, 7) is 7.70. The Kier molecular flexibility index (Phi) is 9.99. The highest BCUT2D eigenvalue weighted by Gasteiger charge is 2.26. The molecular weight excluding hydrogens is 478 g/mol. The van der Waals surface area contributed by atoms with Gasteiger partial charge in [-0.3, -0.25) is 9.78 Å². The number of hydrogen-bond donors (Lipinski definition) is 2. The van der Waals surface area contributed by atoms with Crippen LogP contribution in [-0.4, -0.2) is 47.5 Å². The Morgan fingerprint density at radius 3 is 2.49 bits per heavy atom. The molecule has 1 aliphatic rings. The molecule has 37 heavy (non-hydrogen) atoms. The number of hydrogen-bond acceptors (Lipinski definition) is 8. The number of alkyl carbamates (subject to hydrolysis) is 1. The number of nitrogens with zero attached hydrogens (tertiary/aromatic N) is 1. The lowest BCUT2D eigenvalue weighted by Gasteiger charge is -2.23. The van der Waals surface area contributed by atoms with Gasteiger partial charge < -0.3 is 19.5 Å². The zero-order valence-electron chi connectivity index (χ0n) is 21.7. The first-order chi connectivity index (χ1) is 17.6. The fourth-order valence-electron chi connectivity index (χ4n) is 3.46. The van der Waals surface area contributed by atoms with E-state index in [0.29, 0.717) is 23.4 Å². The minimum absolute atomic E-state index is 0.0407. The Morgan fingerprint density at radius 2 is 1.86 bits per heavy atom. The van der Waals surface area contributed by atoms with Gasteiger partial charge in [-0.2, -0.15) is 0 Å². The average molecular weight is 514 g/mol. The second kappa shape index (κ2) is 13.2. The summed E-state index contributed by atoms with van der Waals surface area (Å²) in [5.74, 6) is -1.03. The molecule has 10 nitrogen and oxygen atoms in total. The summed E-state index contributed by atoms with van der Waals surface area (Å²) in [7, 11) is 0. The van der Waals surface area contributed by atoms with E-state index >= 15 is 0 Å². The molecule has 0 spiro atoms. The summed E-state index contributed by atoms with van der Waals surface area (Å²) in [6.07, 6.45) is 3.38. The minimum atomic E-state index is -0.991. The molecule has 2 atom stereocenters. The van der Waals surface area contributed by atoms with Crippen molar-refractivity contribution in [2.75, 3.05) is 6.61 Å². The molecule has 10 heteroatoms. The molecule has 1 unspecified atom stereocenters. The Balaban J connectivity index is 1.55. The van der Waals surface area contributed by atoms with Crippen LogP contribution in [0.25, 0.3) is 0 Å². The summed E-state index contributed by atoms with van der Waals surface area (Å²) >= 11 is 0. The van der Waals surface area contributed by atoms with E-state index in [0.717, 1.165) is 24.8 Å². The lowest BCUT2D eigenvalue weighted by atomic mass is 10.1. The summed E-state index contributed by atoms with van der Waals surface area (Å²) in [5, 5.41) is 2.59. The molecule has 0 aliphatic carbocycles. The third kappa shape index (κ3) is 9.82. The van der Waals surface area contributed by atoms with Crippen LogP contribution in [0.2, 0.25) is 0 Å².